The number of amides is 1. The van der Waals surface area contributed by atoms with Crippen molar-refractivity contribution in [1.29, 1.82) is 0 Å². The van der Waals surface area contributed by atoms with E-state index in [0.29, 0.717) is 18.5 Å². The Labute approximate surface area is 93.0 Å². The third-order valence-electron chi connectivity index (χ3n) is 3.60. The van der Waals surface area contributed by atoms with Crippen LogP contribution in [0.15, 0.2) is 16.9 Å². The first-order valence-electron chi connectivity index (χ1n) is 5.67. The number of piperidine rings is 1. The molecule has 0 aromatic carbocycles. The molecule has 1 aromatic heterocycles. The number of fused-ring (bicyclic) bond motifs is 2. The van der Waals surface area contributed by atoms with Crippen LogP contribution in [0.2, 0.25) is 0 Å². The summed E-state index contributed by atoms with van der Waals surface area (Å²) in [5.41, 5.74) is 0.369. The molecule has 2 aliphatic rings. The maximum Gasteiger partial charge on any atom is 0.276 e. The molecule has 86 valence electrons. The summed E-state index contributed by atoms with van der Waals surface area (Å²) < 4.78 is 4.69. The van der Waals surface area contributed by atoms with Crippen LogP contribution in [0.3, 0.4) is 0 Å². The number of aliphatic hydroxyl groups excluding tert-OH is 1. The number of hydrogen-bond donors (Lipinski definition) is 1. The standard InChI is InChI=1S/C11H14N2O3/c14-9-5-7-1-2-8(6-9)13(7)11(15)10-3-4-16-12-10/h3-4,7-9,14H,1-2,5-6H2. The van der Waals surface area contributed by atoms with Crippen molar-refractivity contribution >= 4 is 5.91 Å². The number of nitrogens with zero attached hydrogens (tertiary/aromatic N) is 2. The van der Waals surface area contributed by atoms with Gasteiger partial charge >= 0.3 is 0 Å². The Kier molecular flexibility index (Phi) is 2.21. The lowest BCUT2D eigenvalue weighted by atomic mass is 9.99. The van der Waals surface area contributed by atoms with Gasteiger partial charge in [-0.1, -0.05) is 5.16 Å². The van der Waals surface area contributed by atoms with Crippen molar-refractivity contribution in [2.24, 2.45) is 0 Å². The fourth-order valence-electron chi connectivity index (χ4n) is 2.94. The summed E-state index contributed by atoms with van der Waals surface area (Å²) >= 11 is 0. The highest BCUT2D eigenvalue weighted by atomic mass is 16.5. The van der Waals surface area contributed by atoms with E-state index in [9.17, 15) is 9.90 Å². The van der Waals surface area contributed by atoms with Crippen LogP contribution in [0.5, 0.6) is 0 Å². The van der Waals surface area contributed by atoms with Gasteiger partial charge in [0.1, 0.15) is 6.26 Å². The third-order valence-corrected chi connectivity index (χ3v) is 3.60. The number of aliphatic hydroxyl groups is 1. The van der Waals surface area contributed by atoms with Crippen LogP contribution >= 0.6 is 0 Å². The number of rotatable bonds is 1. The molecular weight excluding hydrogens is 208 g/mol. The molecule has 0 spiro atoms. The molecule has 16 heavy (non-hydrogen) atoms. The quantitative estimate of drug-likeness (QED) is 0.763. The molecule has 2 fully saturated rings. The van der Waals surface area contributed by atoms with Gasteiger partial charge in [-0.05, 0) is 25.7 Å². The van der Waals surface area contributed by atoms with Crippen molar-refractivity contribution in [1.82, 2.24) is 10.1 Å². The van der Waals surface area contributed by atoms with Crippen LogP contribution in [-0.4, -0.2) is 39.3 Å². The van der Waals surface area contributed by atoms with E-state index < -0.39 is 0 Å². The molecular formula is C11H14N2O3. The lowest BCUT2D eigenvalue weighted by molar-refractivity contribution is 0.0280. The van der Waals surface area contributed by atoms with Crippen LogP contribution in [0, 0.1) is 0 Å². The second-order valence-corrected chi connectivity index (χ2v) is 4.61. The molecule has 5 nitrogen and oxygen atoms in total. The second kappa shape index (κ2) is 3.59. The lowest BCUT2D eigenvalue weighted by Crippen LogP contribution is -2.48. The molecule has 5 heteroatoms. The van der Waals surface area contributed by atoms with Gasteiger partial charge in [0.25, 0.3) is 5.91 Å². The Morgan fingerprint density at radius 3 is 2.69 bits per heavy atom. The van der Waals surface area contributed by atoms with E-state index >= 15 is 0 Å². The summed E-state index contributed by atoms with van der Waals surface area (Å²) in [7, 11) is 0. The highest BCUT2D eigenvalue weighted by molar-refractivity contribution is 5.92. The van der Waals surface area contributed by atoms with E-state index in [2.05, 4.69) is 5.16 Å². The highest BCUT2D eigenvalue weighted by Gasteiger charge is 2.43. The van der Waals surface area contributed by atoms with Crippen LogP contribution < -0.4 is 0 Å². The SMILES string of the molecule is O=C(c1ccon1)N1C2CCC1CC(O)C2. The molecule has 2 unspecified atom stereocenters. The lowest BCUT2D eigenvalue weighted by Gasteiger charge is -2.36. The third kappa shape index (κ3) is 1.43. The topological polar surface area (TPSA) is 66.6 Å². The zero-order chi connectivity index (χ0) is 11.1. The molecule has 0 radical (unpaired) electrons. The summed E-state index contributed by atoms with van der Waals surface area (Å²) in [5.74, 6) is -0.0619. The van der Waals surface area contributed by atoms with Gasteiger partial charge in [0.05, 0.1) is 6.10 Å². The predicted octanol–water partition coefficient (Wildman–Crippen LogP) is 0.802. The molecule has 3 rings (SSSR count). The Morgan fingerprint density at radius 1 is 1.44 bits per heavy atom. The number of hydrogen-bond acceptors (Lipinski definition) is 4. The molecule has 2 atom stereocenters. The minimum atomic E-state index is -0.251. The first-order chi connectivity index (χ1) is 7.75. The molecule has 2 bridgehead atoms. The molecule has 2 aliphatic heterocycles. The van der Waals surface area contributed by atoms with Gasteiger partial charge in [-0.2, -0.15) is 0 Å². The van der Waals surface area contributed by atoms with Crippen LogP contribution in [0.25, 0.3) is 0 Å². The van der Waals surface area contributed by atoms with Crippen molar-refractivity contribution < 1.29 is 14.4 Å². The molecule has 1 N–H and O–H groups in total. The van der Waals surface area contributed by atoms with Crippen molar-refractivity contribution in [3.05, 3.63) is 18.0 Å². The van der Waals surface area contributed by atoms with Gasteiger partial charge in [0.2, 0.25) is 0 Å². The van der Waals surface area contributed by atoms with Crippen molar-refractivity contribution in [2.75, 3.05) is 0 Å². The van der Waals surface area contributed by atoms with Crippen LogP contribution in [-0.2, 0) is 0 Å². The number of carbonyl (C=O) groups excluding carboxylic acids is 1. The zero-order valence-corrected chi connectivity index (χ0v) is 8.87. The predicted molar refractivity (Wildman–Crippen MR) is 54.7 cm³/mol. The van der Waals surface area contributed by atoms with Crippen molar-refractivity contribution in [3.63, 3.8) is 0 Å². The first kappa shape index (κ1) is 9.84. The number of aromatic nitrogens is 1. The Balaban J connectivity index is 1.84. The summed E-state index contributed by atoms with van der Waals surface area (Å²) in [6.07, 6.45) is 4.53. The average Bonchev–Trinajstić information content (AvgIpc) is 2.85. The Hall–Kier alpha value is -1.36. The van der Waals surface area contributed by atoms with Gasteiger partial charge in [0, 0.05) is 18.2 Å². The fraction of sp³-hybridized carbons (Fsp3) is 0.636. The normalized spacial score (nSPS) is 33.1. The fourth-order valence-corrected chi connectivity index (χ4v) is 2.94. The molecule has 1 amide bonds. The van der Waals surface area contributed by atoms with Gasteiger partial charge in [-0.3, -0.25) is 4.79 Å². The molecule has 0 aliphatic carbocycles. The monoisotopic (exact) mass is 222 g/mol. The van der Waals surface area contributed by atoms with E-state index in [1.54, 1.807) is 6.07 Å². The van der Waals surface area contributed by atoms with Gasteiger partial charge in [-0.15, -0.1) is 0 Å². The summed E-state index contributed by atoms with van der Waals surface area (Å²) in [6, 6.07) is 1.95. The van der Waals surface area contributed by atoms with E-state index in [1.807, 2.05) is 4.90 Å². The molecule has 0 saturated carbocycles. The van der Waals surface area contributed by atoms with E-state index in [-0.39, 0.29) is 24.1 Å². The molecule has 1 aromatic rings. The Bertz CT molecular complexity index is 376. The minimum absolute atomic E-state index is 0.0619. The molecule has 3 heterocycles. The van der Waals surface area contributed by atoms with E-state index in [4.69, 9.17) is 4.52 Å². The van der Waals surface area contributed by atoms with Crippen LogP contribution in [0.1, 0.15) is 36.2 Å². The Morgan fingerprint density at radius 2 is 2.12 bits per heavy atom. The summed E-state index contributed by atoms with van der Waals surface area (Å²) in [4.78, 5) is 14.0. The van der Waals surface area contributed by atoms with E-state index in [1.165, 1.54) is 6.26 Å². The van der Waals surface area contributed by atoms with Gasteiger partial charge in [-0.25, -0.2) is 0 Å². The first-order valence-corrected chi connectivity index (χ1v) is 5.67. The largest absolute Gasteiger partial charge is 0.393 e. The number of carbonyl (C=O) groups is 1. The van der Waals surface area contributed by atoms with Crippen molar-refractivity contribution in [3.8, 4) is 0 Å². The van der Waals surface area contributed by atoms with Gasteiger partial charge in [0.15, 0.2) is 5.69 Å². The highest BCUT2D eigenvalue weighted by Crippen LogP contribution is 2.36. The van der Waals surface area contributed by atoms with Crippen LogP contribution in [0.4, 0.5) is 0 Å². The van der Waals surface area contributed by atoms with Crippen molar-refractivity contribution in [2.45, 2.75) is 43.9 Å². The molecule has 2 saturated heterocycles. The van der Waals surface area contributed by atoms with E-state index in [0.717, 1.165) is 12.8 Å². The summed E-state index contributed by atoms with van der Waals surface area (Å²) in [5, 5.41) is 13.3. The smallest absolute Gasteiger partial charge is 0.276 e. The maximum atomic E-state index is 12.2. The average molecular weight is 222 g/mol. The zero-order valence-electron chi connectivity index (χ0n) is 8.87. The summed E-state index contributed by atoms with van der Waals surface area (Å²) in [6.45, 7) is 0. The van der Waals surface area contributed by atoms with Gasteiger partial charge < -0.3 is 14.5 Å². The second-order valence-electron chi connectivity index (χ2n) is 4.61. The minimum Gasteiger partial charge on any atom is -0.393 e. The maximum absolute atomic E-state index is 12.2.